The van der Waals surface area contributed by atoms with Gasteiger partial charge in [0.1, 0.15) is 5.75 Å². The van der Waals surface area contributed by atoms with Crippen LogP contribution in [-0.4, -0.2) is 18.7 Å². The molecule has 2 aliphatic carbocycles. The fraction of sp³-hybridized carbons (Fsp3) is 0.500. The van der Waals surface area contributed by atoms with Gasteiger partial charge in [0.25, 0.3) is 5.91 Å². The largest absolute Gasteiger partial charge is 0.484 e. The predicted molar refractivity (Wildman–Crippen MR) is 82.5 cm³/mol. The lowest BCUT2D eigenvalue weighted by molar-refractivity contribution is -0.123. The third kappa shape index (κ3) is 3.76. The van der Waals surface area contributed by atoms with Gasteiger partial charge in [0.15, 0.2) is 6.61 Å². The molecule has 2 fully saturated rings. The van der Waals surface area contributed by atoms with Crippen LogP contribution in [0.25, 0.3) is 0 Å². The highest BCUT2D eigenvalue weighted by Crippen LogP contribution is 2.47. The van der Waals surface area contributed by atoms with Crippen LogP contribution in [0, 0.1) is 17.8 Å². The fourth-order valence-electron chi connectivity index (χ4n) is 3.39. The van der Waals surface area contributed by atoms with Crippen LogP contribution in [0.4, 0.5) is 0 Å². The molecule has 21 heavy (non-hydrogen) atoms. The minimum atomic E-state index is -0.246. The van der Waals surface area contributed by atoms with E-state index in [0.29, 0.717) is 16.7 Å². The maximum absolute atomic E-state index is 11.6. The Morgan fingerprint density at radius 1 is 1.33 bits per heavy atom. The van der Waals surface area contributed by atoms with E-state index in [1.807, 2.05) is 6.21 Å². The Morgan fingerprint density at radius 2 is 2.14 bits per heavy atom. The van der Waals surface area contributed by atoms with Gasteiger partial charge >= 0.3 is 0 Å². The number of halogens is 1. The standard InChI is InChI=1S/C16H19ClN2O2/c17-14-3-5-15(6-4-14)21-10-16(20)19-18-9-13-8-11-1-2-12(13)7-11/h3-6,9,11-13H,1-2,7-8,10H2,(H,19,20). The fourth-order valence-corrected chi connectivity index (χ4v) is 3.52. The van der Waals surface area contributed by atoms with E-state index in [1.54, 1.807) is 24.3 Å². The van der Waals surface area contributed by atoms with E-state index >= 15 is 0 Å². The van der Waals surface area contributed by atoms with Crippen LogP contribution in [-0.2, 0) is 4.79 Å². The van der Waals surface area contributed by atoms with Gasteiger partial charge in [-0.2, -0.15) is 5.10 Å². The predicted octanol–water partition coefficient (Wildman–Crippen LogP) is 3.26. The van der Waals surface area contributed by atoms with Crippen molar-refractivity contribution in [3.8, 4) is 5.75 Å². The second-order valence-electron chi connectivity index (χ2n) is 5.89. The van der Waals surface area contributed by atoms with E-state index in [-0.39, 0.29) is 12.5 Å². The second kappa shape index (κ2) is 6.48. The first-order valence-electron chi connectivity index (χ1n) is 7.41. The van der Waals surface area contributed by atoms with Gasteiger partial charge in [0, 0.05) is 11.2 Å². The summed E-state index contributed by atoms with van der Waals surface area (Å²) in [6, 6.07) is 6.91. The van der Waals surface area contributed by atoms with Crippen LogP contribution in [0.2, 0.25) is 5.02 Å². The number of nitrogens with zero attached hydrogens (tertiary/aromatic N) is 1. The Morgan fingerprint density at radius 3 is 2.81 bits per heavy atom. The van der Waals surface area contributed by atoms with E-state index in [1.165, 1.54) is 25.7 Å². The van der Waals surface area contributed by atoms with Crippen molar-refractivity contribution in [2.24, 2.45) is 22.9 Å². The monoisotopic (exact) mass is 306 g/mol. The lowest BCUT2D eigenvalue weighted by Gasteiger charge is -2.16. The topological polar surface area (TPSA) is 50.7 Å². The Kier molecular flexibility index (Phi) is 4.44. The van der Waals surface area contributed by atoms with Gasteiger partial charge in [-0.05, 0) is 61.3 Å². The zero-order chi connectivity index (χ0) is 14.7. The molecule has 4 nitrogen and oxygen atoms in total. The number of hydrogen-bond donors (Lipinski definition) is 1. The molecule has 5 heteroatoms. The summed E-state index contributed by atoms with van der Waals surface area (Å²) in [6.45, 7) is -0.0459. The number of carbonyl (C=O) groups excluding carboxylic acids is 1. The number of hydrazone groups is 1. The molecule has 1 aromatic carbocycles. The Balaban J connectivity index is 1.39. The summed E-state index contributed by atoms with van der Waals surface area (Å²) < 4.78 is 5.35. The quantitative estimate of drug-likeness (QED) is 0.670. The number of hydrogen-bond acceptors (Lipinski definition) is 3. The average Bonchev–Trinajstić information content (AvgIpc) is 3.09. The molecule has 0 spiro atoms. The second-order valence-corrected chi connectivity index (χ2v) is 6.33. The Labute approximate surface area is 129 Å². The summed E-state index contributed by atoms with van der Waals surface area (Å²) in [5.74, 6) is 2.58. The van der Waals surface area contributed by atoms with Gasteiger partial charge in [-0.1, -0.05) is 18.0 Å². The summed E-state index contributed by atoms with van der Waals surface area (Å²) in [6.07, 6.45) is 7.16. The van der Waals surface area contributed by atoms with Crippen molar-refractivity contribution < 1.29 is 9.53 Å². The van der Waals surface area contributed by atoms with Gasteiger partial charge in [0.2, 0.25) is 0 Å². The van der Waals surface area contributed by atoms with Crippen molar-refractivity contribution in [2.75, 3.05) is 6.61 Å². The van der Waals surface area contributed by atoms with Crippen molar-refractivity contribution in [3.05, 3.63) is 29.3 Å². The van der Waals surface area contributed by atoms with E-state index in [0.717, 1.165) is 11.8 Å². The molecule has 2 bridgehead atoms. The summed E-state index contributed by atoms with van der Waals surface area (Å²) in [4.78, 5) is 11.6. The lowest BCUT2D eigenvalue weighted by Crippen LogP contribution is -2.25. The number of fused-ring (bicyclic) bond motifs is 2. The minimum Gasteiger partial charge on any atom is -0.484 e. The Bertz CT molecular complexity index is 530. The SMILES string of the molecule is O=C(COc1ccc(Cl)cc1)NN=CC1CC2CCC1C2. The van der Waals surface area contributed by atoms with Gasteiger partial charge in [-0.3, -0.25) is 4.79 Å². The summed E-state index contributed by atoms with van der Waals surface area (Å²) in [5, 5.41) is 4.71. The zero-order valence-electron chi connectivity index (χ0n) is 11.8. The smallest absolute Gasteiger partial charge is 0.277 e. The molecule has 3 atom stereocenters. The molecule has 0 heterocycles. The number of carbonyl (C=O) groups is 1. The van der Waals surface area contributed by atoms with E-state index in [9.17, 15) is 4.79 Å². The van der Waals surface area contributed by atoms with E-state index in [4.69, 9.17) is 16.3 Å². The van der Waals surface area contributed by atoms with Gasteiger partial charge in [-0.25, -0.2) is 5.43 Å². The molecule has 1 amide bonds. The molecule has 1 aromatic rings. The zero-order valence-corrected chi connectivity index (χ0v) is 12.6. The van der Waals surface area contributed by atoms with Crippen LogP contribution in [0.3, 0.4) is 0 Å². The average molecular weight is 307 g/mol. The molecule has 2 aliphatic rings. The highest BCUT2D eigenvalue weighted by Gasteiger charge is 2.38. The highest BCUT2D eigenvalue weighted by atomic mass is 35.5. The molecular formula is C16H19ClN2O2. The molecule has 0 aromatic heterocycles. The molecule has 1 N–H and O–H groups in total. The summed E-state index contributed by atoms with van der Waals surface area (Å²) in [7, 11) is 0. The summed E-state index contributed by atoms with van der Waals surface area (Å²) >= 11 is 5.78. The van der Waals surface area contributed by atoms with Gasteiger partial charge in [0.05, 0.1) is 0 Å². The third-order valence-corrected chi connectivity index (χ3v) is 4.68. The van der Waals surface area contributed by atoms with Crippen LogP contribution in [0.5, 0.6) is 5.75 Å². The van der Waals surface area contributed by atoms with Crippen LogP contribution in [0.15, 0.2) is 29.4 Å². The third-order valence-electron chi connectivity index (χ3n) is 4.43. The number of benzene rings is 1. The lowest BCUT2D eigenvalue weighted by atomic mass is 9.90. The molecule has 112 valence electrons. The van der Waals surface area contributed by atoms with Crippen molar-refractivity contribution in [3.63, 3.8) is 0 Å². The number of nitrogens with one attached hydrogen (secondary N) is 1. The molecule has 0 aliphatic heterocycles. The van der Waals surface area contributed by atoms with Crippen molar-refractivity contribution in [1.29, 1.82) is 0 Å². The van der Waals surface area contributed by atoms with Gasteiger partial charge in [-0.15, -0.1) is 0 Å². The molecule has 3 unspecified atom stereocenters. The molecule has 0 saturated heterocycles. The van der Waals surface area contributed by atoms with E-state index < -0.39 is 0 Å². The van der Waals surface area contributed by atoms with E-state index in [2.05, 4.69) is 10.5 Å². The van der Waals surface area contributed by atoms with Crippen LogP contribution >= 0.6 is 11.6 Å². The summed E-state index contributed by atoms with van der Waals surface area (Å²) in [5.41, 5.74) is 2.53. The minimum absolute atomic E-state index is 0.0459. The van der Waals surface area contributed by atoms with Crippen molar-refractivity contribution in [1.82, 2.24) is 5.43 Å². The van der Waals surface area contributed by atoms with Crippen molar-refractivity contribution >= 4 is 23.7 Å². The maximum Gasteiger partial charge on any atom is 0.277 e. The number of ether oxygens (including phenoxy) is 1. The highest BCUT2D eigenvalue weighted by molar-refractivity contribution is 6.30. The molecular weight excluding hydrogens is 288 g/mol. The first-order valence-corrected chi connectivity index (χ1v) is 7.79. The number of amides is 1. The first-order chi connectivity index (χ1) is 10.2. The molecule has 2 saturated carbocycles. The molecule has 0 radical (unpaired) electrons. The first kappa shape index (κ1) is 14.4. The maximum atomic E-state index is 11.6. The van der Waals surface area contributed by atoms with Crippen molar-refractivity contribution in [2.45, 2.75) is 25.7 Å². The molecule has 3 rings (SSSR count). The van der Waals surface area contributed by atoms with Crippen LogP contribution in [0.1, 0.15) is 25.7 Å². The van der Waals surface area contributed by atoms with Gasteiger partial charge < -0.3 is 4.74 Å². The van der Waals surface area contributed by atoms with Crippen LogP contribution < -0.4 is 10.2 Å². The number of rotatable bonds is 5. The Hall–Kier alpha value is -1.55. The normalized spacial score (nSPS) is 27.2.